The van der Waals surface area contributed by atoms with Crippen LogP contribution in [-0.4, -0.2) is 21.1 Å². The van der Waals surface area contributed by atoms with Gasteiger partial charge in [0.05, 0.1) is 11.0 Å². The Morgan fingerprint density at radius 3 is 2.84 bits per heavy atom. The van der Waals surface area contributed by atoms with Crippen LogP contribution >= 0.6 is 0 Å². The molecular weight excluding hydrogens is 236 g/mol. The fourth-order valence-electron chi connectivity index (χ4n) is 2.27. The van der Waals surface area contributed by atoms with Crippen molar-refractivity contribution < 1.29 is 0 Å². The summed E-state index contributed by atoms with van der Waals surface area (Å²) in [5.41, 5.74) is 8.92. The van der Waals surface area contributed by atoms with Crippen LogP contribution in [0.3, 0.4) is 0 Å². The Morgan fingerprint density at radius 2 is 2.05 bits per heavy atom. The number of nitrogens with two attached hydrogens (primary N) is 1. The van der Waals surface area contributed by atoms with Gasteiger partial charge in [0.25, 0.3) is 0 Å². The molecule has 0 amide bonds. The highest BCUT2D eigenvalue weighted by molar-refractivity contribution is 5.77. The van der Waals surface area contributed by atoms with E-state index in [0.29, 0.717) is 6.54 Å². The number of para-hydroxylation sites is 2. The molecule has 0 fully saturated rings. The molecule has 0 aliphatic carbocycles. The summed E-state index contributed by atoms with van der Waals surface area (Å²) in [6, 6.07) is 12.1. The van der Waals surface area contributed by atoms with Gasteiger partial charge in [0, 0.05) is 12.6 Å². The fourth-order valence-corrected chi connectivity index (χ4v) is 2.27. The Hall–Kier alpha value is -2.20. The molecule has 0 unspecified atom stereocenters. The molecule has 0 radical (unpaired) electrons. The minimum absolute atomic E-state index is 0.579. The summed E-state index contributed by atoms with van der Waals surface area (Å²) in [6.45, 7) is 2.64. The lowest BCUT2D eigenvalue weighted by Gasteiger charge is -2.08. The van der Waals surface area contributed by atoms with E-state index in [9.17, 15) is 0 Å². The summed E-state index contributed by atoms with van der Waals surface area (Å²) in [7, 11) is 0. The third-order valence-electron chi connectivity index (χ3n) is 3.13. The maximum Gasteiger partial charge on any atom is 0.138 e. The van der Waals surface area contributed by atoms with Crippen molar-refractivity contribution in [3.05, 3.63) is 54.0 Å². The van der Waals surface area contributed by atoms with Gasteiger partial charge in [-0.3, -0.25) is 4.57 Å². The van der Waals surface area contributed by atoms with Gasteiger partial charge in [-0.25, -0.2) is 9.97 Å². The Morgan fingerprint density at radius 1 is 1.21 bits per heavy atom. The summed E-state index contributed by atoms with van der Waals surface area (Å²) in [5, 5.41) is 0. The second-order valence-corrected chi connectivity index (χ2v) is 4.58. The molecule has 0 spiro atoms. The number of rotatable bonds is 3. The Labute approximate surface area is 111 Å². The zero-order valence-corrected chi connectivity index (χ0v) is 10.9. The number of hydrogen-bond donors (Lipinski definition) is 1. The smallest absolute Gasteiger partial charge is 0.138 e. The van der Waals surface area contributed by atoms with E-state index < -0.39 is 0 Å². The second kappa shape index (κ2) is 4.82. The van der Waals surface area contributed by atoms with Crippen molar-refractivity contribution in [1.82, 2.24) is 14.5 Å². The molecule has 0 saturated carbocycles. The van der Waals surface area contributed by atoms with Crippen LogP contribution in [-0.2, 0) is 6.42 Å². The van der Waals surface area contributed by atoms with E-state index in [0.717, 1.165) is 29.1 Å². The zero-order chi connectivity index (χ0) is 13.2. The second-order valence-electron chi connectivity index (χ2n) is 4.58. The number of aromatic nitrogens is 3. The summed E-state index contributed by atoms with van der Waals surface area (Å²) < 4.78 is 2.09. The molecule has 0 bridgehead atoms. The first kappa shape index (κ1) is 11.9. The van der Waals surface area contributed by atoms with E-state index >= 15 is 0 Å². The van der Waals surface area contributed by atoms with Gasteiger partial charge in [0.1, 0.15) is 11.6 Å². The van der Waals surface area contributed by atoms with Crippen LogP contribution in [0.25, 0.3) is 16.9 Å². The molecule has 0 saturated heterocycles. The van der Waals surface area contributed by atoms with Crippen LogP contribution in [0, 0.1) is 6.92 Å². The van der Waals surface area contributed by atoms with Crippen molar-refractivity contribution in [3.8, 4) is 5.82 Å². The average molecular weight is 252 g/mol. The lowest BCUT2D eigenvalue weighted by atomic mass is 10.3. The quantitative estimate of drug-likeness (QED) is 0.777. The Bertz CT molecular complexity index is 715. The molecule has 0 aliphatic rings. The van der Waals surface area contributed by atoms with Crippen molar-refractivity contribution >= 4 is 11.0 Å². The Kier molecular flexibility index (Phi) is 3.01. The average Bonchev–Trinajstić information content (AvgIpc) is 2.77. The van der Waals surface area contributed by atoms with Crippen LogP contribution in [0.5, 0.6) is 0 Å². The predicted molar refractivity (Wildman–Crippen MR) is 76.4 cm³/mol. The van der Waals surface area contributed by atoms with Crippen LogP contribution in [0.4, 0.5) is 0 Å². The third-order valence-corrected chi connectivity index (χ3v) is 3.13. The first-order valence-corrected chi connectivity index (χ1v) is 6.39. The van der Waals surface area contributed by atoms with Crippen molar-refractivity contribution in [1.29, 1.82) is 0 Å². The molecule has 0 aliphatic heterocycles. The first-order valence-electron chi connectivity index (χ1n) is 6.39. The number of hydrogen-bond acceptors (Lipinski definition) is 3. The SMILES string of the molecule is Cc1ccnc(-n2c(CCN)nc3ccccc32)c1. The number of fused-ring (bicyclic) bond motifs is 1. The van der Waals surface area contributed by atoms with Crippen molar-refractivity contribution in [2.24, 2.45) is 5.73 Å². The minimum Gasteiger partial charge on any atom is -0.330 e. The van der Waals surface area contributed by atoms with E-state index in [-0.39, 0.29) is 0 Å². The number of aryl methyl sites for hydroxylation is 1. The molecule has 19 heavy (non-hydrogen) atoms. The van der Waals surface area contributed by atoms with Gasteiger partial charge in [0.15, 0.2) is 0 Å². The van der Waals surface area contributed by atoms with Gasteiger partial charge in [-0.2, -0.15) is 0 Å². The molecule has 0 atom stereocenters. The largest absolute Gasteiger partial charge is 0.330 e. The van der Waals surface area contributed by atoms with Gasteiger partial charge in [-0.05, 0) is 43.3 Å². The zero-order valence-electron chi connectivity index (χ0n) is 10.9. The molecular formula is C15H16N4. The van der Waals surface area contributed by atoms with Gasteiger partial charge in [0.2, 0.25) is 0 Å². The topological polar surface area (TPSA) is 56.7 Å². The summed E-state index contributed by atoms with van der Waals surface area (Å²) in [6.07, 6.45) is 2.57. The molecule has 2 aromatic heterocycles. The van der Waals surface area contributed by atoms with E-state index in [2.05, 4.69) is 33.6 Å². The highest BCUT2D eigenvalue weighted by atomic mass is 15.1. The predicted octanol–water partition coefficient (Wildman–Crippen LogP) is 2.23. The van der Waals surface area contributed by atoms with Gasteiger partial charge < -0.3 is 5.73 Å². The molecule has 2 N–H and O–H groups in total. The van der Waals surface area contributed by atoms with Crippen molar-refractivity contribution in [2.75, 3.05) is 6.54 Å². The van der Waals surface area contributed by atoms with Gasteiger partial charge >= 0.3 is 0 Å². The van der Waals surface area contributed by atoms with Crippen molar-refractivity contribution in [2.45, 2.75) is 13.3 Å². The highest BCUT2D eigenvalue weighted by Crippen LogP contribution is 2.20. The molecule has 2 heterocycles. The number of imidazole rings is 1. The summed E-state index contributed by atoms with van der Waals surface area (Å²) >= 11 is 0. The lowest BCUT2D eigenvalue weighted by Crippen LogP contribution is -2.09. The van der Waals surface area contributed by atoms with Crippen LogP contribution in [0.1, 0.15) is 11.4 Å². The van der Waals surface area contributed by atoms with Crippen LogP contribution in [0.2, 0.25) is 0 Å². The molecule has 96 valence electrons. The fraction of sp³-hybridized carbons (Fsp3) is 0.200. The normalized spacial score (nSPS) is 11.1. The standard InChI is InChI=1S/C15H16N4/c1-11-7-9-17-15(10-11)19-13-5-3-2-4-12(13)18-14(19)6-8-16/h2-5,7,9-10H,6,8,16H2,1H3. The maximum atomic E-state index is 5.69. The van der Waals surface area contributed by atoms with Gasteiger partial charge in [-0.15, -0.1) is 0 Å². The number of nitrogens with zero attached hydrogens (tertiary/aromatic N) is 3. The van der Waals surface area contributed by atoms with E-state index in [4.69, 9.17) is 5.73 Å². The lowest BCUT2D eigenvalue weighted by molar-refractivity contribution is 0.834. The van der Waals surface area contributed by atoms with Crippen LogP contribution < -0.4 is 5.73 Å². The van der Waals surface area contributed by atoms with Gasteiger partial charge in [-0.1, -0.05) is 12.1 Å². The molecule has 4 heteroatoms. The third kappa shape index (κ3) is 2.11. The Balaban J connectivity index is 2.28. The molecule has 1 aromatic carbocycles. The highest BCUT2D eigenvalue weighted by Gasteiger charge is 2.12. The number of pyridine rings is 1. The van der Waals surface area contributed by atoms with E-state index in [1.54, 1.807) is 0 Å². The number of benzene rings is 1. The van der Waals surface area contributed by atoms with Crippen LogP contribution in [0.15, 0.2) is 42.6 Å². The molecule has 3 aromatic rings. The van der Waals surface area contributed by atoms with E-state index in [1.165, 1.54) is 5.56 Å². The monoisotopic (exact) mass is 252 g/mol. The van der Waals surface area contributed by atoms with E-state index in [1.807, 2.05) is 30.5 Å². The molecule has 3 rings (SSSR count). The van der Waals surface area contributed by atoms with Crippen molar-refractivity contribution in [3.63, 3.8) is 0 Å². The minimum atomic E-state index is 0.579. The first-order chi connectivity index (χ1) is 9.29. The summed E-state index contributed by atoms with van der Waals surface area (Å²) in [5.74, 6) is 1.86. The maximum absolute atomic E-state index is 5.69. The molecule has 4 nitrogen and oxygen atoms in total. The summed E-state index contributed by atoms with van der Waals surface area (Å²) in [4.78, 5) is 9.11.